The highest BCUT2D eigenvalue weighted by Crippen LogP contribution is 2.28. The summed E-state index contributed by atoms with van der Waals surface area (Å²) in [6.45, 7) is -0.729. The fourth-order valence-electron chi connectivity index (χ4n) is 0.388. The maximum absolute atomic E-state index is 9.76. The van der Waals surface area contributed by atoms with E-state index < -0.39 is 12.1 Å². The van der Waals surface area contributed by atoms with E-state index in [0.717, 1.165) is 12.8 Å². The van der Waals surface area contributed by atoms with Crippen molar-refractivity contribution < 1.29 is 25.2 Å². The standard InChI is InChI=1S/C4H6O2.C3H8O3/c5-4(6)3-1-2-3;4-1-3(6)2-5/h3H,1-2H2,(H,5,6);3-6H,1-2H2. The number of aliphatic carboxylic acids is 1. The fraction of sp³-hybridized carbons (Fsp3) is 0.857. The molecule has 5 heteroatoms. The van der Waals surface area contributed by atoms with Gasteiger partial charge in [-0.2, -0.15) is 0 Å². The molecule has 1 rings (SSSR count). The zero-order valence-corrected chi connectivity index (χ0v) is 6.68. The molecular weight excluding hydrogens is 164 g/mol. The Labute approximate surface area is 70.3 Å². The SMILES string of the molecule is O=C(O)C1CC1.OCC(O)CO. The Morgan fingerprint density at radius 2 is 1.75 bits per heavy atom. The maximum atomic E-state index is 9.76. The zero-order valence-electron chi connectivity index (χ0n) is 6.68. The Balaban J connectivity index is 0.000000202. The molecule has 0 saturated heterocycles. The van der Waals surface area contributed by atoms with E-state index in [4.69, 9.17) is 20.4 Å². The van der Waals surface area contributed by atoms with E-state index in [0.29, 0.717) is 0 Å². The Kier molecular flexibility index (Phi) is 5.61. The normalized spacial score (nSPS) is 15.3. The lowest BCUT2D eigenvalue weighted by Gasteiger charge is -1.96. The van der Waals surface area contributed by atoms with Crippen LogP contribution in [0.5, 0.6) is 0 Å². The van der Waals surface area contributed by atoms with Crippen molar-refractivity contribution in [3.05, 3.63) is 0 Å². The molecule has 0 aromatic heterocycles. The van der Waals surface area contributed by atoms with Crippen molar-refractivity contribution in [2.75, 3.05) is 13.2 Å². The van der Waals surface area contributed by atoms with Gasteiger partial charge in [0.2, 0.25) is 0 Å². The molecule has 0 amide bonds. The maximum Gasteiger partial charge on any atom is 0.306 e. The van der Waals surface area contributed by atoms with Gasteiger partial charge in [-0.3, -0.25) is 4.79 Å². The lowest BCUT2D eigenvalue weighted by atomic mass is 10.4. The zero-order chi connectivity index (χ0) is 9.56. The van der Waals surface area contributed by atoms with Crippen molar-refractivity contribution in [3.63, 3.8) is 0 Å². The van der Waals surface area contributed by atoms with Crippen LogP contribution in [0.2, 0.25) is 0 Å². The number of aliphatic hydroxyl groups excluding tert-OH is 3. The van der Waals surface area contributed by atoms with Crippen molar-refractivity contribution in [3.8, 4) is 0 Å². The van der Waals surface area contributed by atoms with Crippen LogP contribution in [0.1, 0.15) is 12.8 Å². The third-order valence-corrected chi connectivity index (χ3v) is 1.35. The Bertz CT molecular complexity index is 128. The predicted molar refractivity (Wildman–Crippen MR) is 40.5 cm³/mol. The topological polar surface area (TPSA) is 98.0 Å². The monoisotopic (exact) mass is 178 g/mol. The van der Waals surface area contributed by atoms with Gasteiger partial charge in [-0.25, -0.2) is 0 Å². The number of carboxylic acid groups (broad SMARTS) is 1. The molecule has 0 aromatic carbocycles. The minimum Gasteiger partial charge on any atom is -0.481 e. The van der Waals surface area contributed by atoms with E-state index in [1.54, 1.807) is 0 Å². The average Bonchev–Trinajstić information content (AvgIpc) is 2.86. The van der Waals surface area contributed by atoms with E-state index in [1.165, 1.54) is 0 Å². The molecule has 0 aromatic rings. The molecule has 0 aliphatic heterocycles. The van der Waals surface area contributed by atoms with Crippen molar-refractivity contribution in [2.24, 2.45) is 5.92 Å². The first-order valence-electron chi connectivity index (χ1n) is 3.74. The molecule has 5 nitrogen and oxygen atoms in total. The van der Waals surface area contributed by atoms with E-state index in [2.05, 4.69) is 0 Å². The highest BCUT2D eigenvalue weighted by atomic mass is 16.4. The Hall–Kier alpha value is -0.650. The molecule has 0 radical (unpaired) electrons. The summed E-state index contributed by atoms with van der Waals surface area (Å²) in [6, 6.07) is 0. The molecule has 1 aliphatic rings. The smallest absolute Gasteiger partial charge is 0.306 e. The summed E-state index contributed by atoms with van der Waals surface area (Å²) >= 11 is 0. The second-order valence-electron chi connectivity index (χ2n) is 2.63. The molecule has 72 valence electrons. The van der Waals surface area contributed by atoms with Gasteiger partial charge in [0.15, 0.2) is 0 Å². The quantitative estimate of drug-likeness (QED) is 0.436. The van der Waals surface area contributed by atoms with Gasteiger partial charge in [0.25, 0.3) is 0 Å². The highest BCUT2D eigenvalue weighted by molar-refractivity contribution is 5.72. The van der Waals surface area contributed by atoms with Crippen LogP contribution in [0.25, 0.3) is 0 Å². The number of hydrogen-bond acceptors (Lipinski definition) is 4. The summed E-state index contributed by atoms with van der Waals surface area (Å²) < 4.78 is 0. The summed E-state index contributed by atoms with van der Waals surface area (Å²) in [4.78, 5) is 9.76. The van der Waals surface area contributed by atoms with Crippen LogP contribution in [-0.2, 0) is 4.79 Å². The van der Waals surface area contributed by atoms with Gasteiger partial charge in [0.05, 0.1) is 19.1 Å². The molecule has 4 N–H and O–H groups in total. The molecule has 0 unspecified atom stereocenters. The van der Waals surface area contributed by atoms with Crippen LogP contribution < -0.4 is 0 Å². The lowest BCUT2D eigenvalue weighted by molar-refractivity contribution is -0.138. The summed E-state index contributed by atoms with van der Waals surface area (Å²) in [6.07, 6.45) is 0.843. The second-order valence-corrected chi connectivity index (χ2v) is 2.63. The Morgan fingerprint density at radius 3 is 1.75 bits per heavy atom. The summed E-state index contributed by atoms with van der Waals surface area (Å²) in [5, 5.41) is 32.1. The van der Waals surface area contributed by atoms with Crippen molar-refractivity contribution in [1.29, 1.82) is 0 Å². The molecule has 0 bridgehead atoms. The highest BCUT2D eigenvalue weighted by Gasteiger charge is 2.28. The van der Waals surface area contributed by atoms with Crippen LogP contribution in [0.15, 0.2) is 0 Å². The van der Waals surface area contributed by atoms with Crippen LogP contribution in [0, 0.1) is 5.92 Å². The summed E-state index contributed by atoms with van der Waals surface area (Å²) in [5.41, 5.74) is 0. The minimum absolute atomic E-state index is 0.0185. The largest absolute Gasteiger partial charge is 0.481 e. The van der Waals surface area contributed by atoms with Crippen LogP contribution in [0.4, 0.5) is 0 Å². The molecule has 1 fully saturated rings. The summed E-state index contributed by atoms with van der Waals surface area (Å²) in [5.74, 6) is -0.611. The third-order valence-electron chi connectivity index (χ3n) is 1.35. The summed E-state index contributed by atoms with van der Waals surface area (Å²) in [7, 11) is 0. The van der Waals surface area contributed by atoms with Gasteiger partial charge < -0.3 is 20.4 Å². The van der Waals surface area contributed by atoms with E-state index in [9.17, 15) is 4.79 Å². The van der Waals surface area contributed by atoms with Crippen molar-refractivity contribution >= 4 is 5.97 Å². The van der Waals surface area contributed by atoms with Crippen molar-refractivity contribution in [1.82, 2.24) is 0 Å². The molecule has 0 spiro atoms. The van der Waals surface area contributed by atoms with Gasteiger partial charge in [0.1, 0.15) is 6.10 Å². The molecular formula is C7H14O5. The second kappa shape index (κ2) is 5.93. The van der Waals surface area contributed by atoms with Crippen LogP contribution >= 0.6 is 0 Å². The number of aliphatic hydroxyl groups is 3. The first kappa shape index (κ1) is 11.4. The van der Waals surface area contributed by atoms with Gasteiger partial charge in [-0.1, -0.05) is 0 Å². The average molecular weight is 178 g/mol. The number of carbonyl (C=O) groups is 1. The minimum atomic E-state index is -0.954. The molecule has 0 atom stereocenters. The van der Waals surface area contributed by atoms with Gasteiger partial charge in [0, 0.05) is 0 Å². The molecule has 1 aliphatic carbocycles. The number of hydrogen-bond donors (Lipinski definition) is 4. The van der Waals surface area contributed by atoms with E-state index >= 15 is 0 Å². The Morgan fingerprint density at radius 1 is 1.33 bits per heavy atom. The van der Waals surface area contributed by atoms with Gasteiger partial charge in [-0.15, -0.1) is 0 Å². The van der Waals surface area contributed by atoms with Gasteiger partial charge in [-0.05, 0) is 12.8 Å². The van der Waals surface area contributed by atoms with E-state index in [1.807, 2.05) is 0 Å². The third kappa shape index (κ3) is 6.09. The van der Waals surface area contributed by atoms with Crippen LogP contribution in [0.3, 0.4) is 0 Å². The van der Waals surface area contributed by atoms with Gasteiger partial charge >= 0.3 is 5.97 Å². The first-order chi connectivity index (χ1) is 5.61. The predicted octanol–water partition coefficient (Wildman–Crippen LogP) is -1.19. The fourth-order valence-corrected chi connectivity index (χ4v) is 0.388. The van der Waals surface area contributed by atoms with Crippen molar-refractivity contribution in [2.45, 2.75) is 18.9 Å². The number of carboxylic acids is 1. The van der Waals surface area contributed by atoms with Crippen LogP contribution in [-0.4, -0.2) is 45.7 Å². The number of rotatable bonds is 3. The van der Waals surface area contributed by atoms with E-state index in [-0.39, 0.29) is 19.1 Å². The molecule has 0 heterocycles. The molecule has 1 saturated carbocycles. The molecule has 12 heavy (non-hydrogen) atoms. The first-order valence-corrected chi connectivity index (χ1v) is 3.74. The lowest BCUT2D eigenvalue weighted by Crippen LogP contribution is -2.15.